The molecule has 7 nitrogen and oxygen atoms in total. The average molecular weight is 462 g/mol. The number of halogens is 2. The van der Waals surface area contributed by atoms with Crippen molar-refractivity contribution in [1.82, 2.24) is 4.72 Å². The monoisotopic (exact) mass is 461 g/mol. The van der Waals surface area contributed by atoms with Crippen LogP contribution in [-0.4, -0.2) is 39.3 Å². The van der Waals surface area contributed by atoms with Crippen molar-refractivity contribution in [2.24, 2.45) is 0 Å². The van der Waals surface area contributed by atoms with E-state index in [0.29, 0.717) is 10.2 Å². The van der Waals surface area contributed by atoms with E-state index in [1.165, 1.54) is 43.5 Å². The van der Waals surface area contributed by atoms with Crippen molar-refractivity contribution in [3.63, 3.8) is 0 Å². The van der Waals surface area contributed by atoms with Crippen molar-refractivity contribution in [2.75, 3.05) is 13.7 Å². The highest BCUT2D eigenvalue weighted by molar-refractivity contribution is 9.10. The number of nitrogens with one attached hydrogen (secondary N) is 1. The van der Waals surface area contributed by atoms with Crippen LogP contribution in [0.25, 0.3) is 0 Å². The van der Waals surface area contributed by atoms with Gasteiger partial charge in [0.25, 0.3) is 0 Å². The molecule has 0 saturated carbocycles. The summed E-state index contributed by atoms with van der Waals surface area (Å²) < 4.78 is 50.8. The molecule has 1 atom stereocenters. The minimum Gasteiger partial charge on any atom is -0.496 e. The summed E-state index contributed by atoms with van der Waals surface area (Å²) in [5, 5.41) is 9.37. The predicted molar refractivity (Wildman–Crippen MR) is 98.1 cm³/mol. The van der Waals surface area contributed by atoms with Crippen LogP contribution in [-0.2, 0) is 26.2 Å². The maximum Gasteiger partial charge on any atom is 0.326 e. The number of benzene rings is 2. The Morgan fingerprint density at radius 3 is 2.52 bits per heavy atom. The molecule has 0 fully saturated rings. The lowest BCUT2D eigenvalue weighted by Crippen LogP contribution is -2.44. The zero-order valence-electron chi connectivity index (χ0n) is 14.2. The molecule has 0 saturated heterocycles. The molecule has 27 heavy (non-hydrogen) atoms. The van der Waals surface area contributed by atoms with Crippen LogP contribution < -0.4 is 9.46 Å². The van der Waals surface area contributed by atoms with Crippen molar-refractivity contribution >= 4 is 31.9 Å². The summed E-state index contributed by atoms with van der Waals surface area (Å²) in [5.74, 6) is -1.25. The number of carbonyl (C=O) groups excluding carboxylic acids is 1. The smallest absolute Gasteiger partial charge is 0.326 e. The normalized spacial score (nSPS) is 12.4. The SMILES string of the molecule is COc1ccc(F)cc1COC(=O)C(CO)NS(=O)(=O)c1ccc(Br)cc1. The number of aliphatic hydroxyl groups excluding tert-OH is 1. The maximum absolute atomic E-state index is 13.3. The molecule has 2 N–H and O–H groups in total. The number of sulfonamides is 1. The zero-order chi connectivity index (χ0) is 20.0. The molecule has 146 valence electrons. The van der Waals surface area contributed by atoms with Gasteiger partial charge in [-0.3, -0.25) is 4.79 Å². The molecule has 0 spiro atoms. The van der Waals surface area contributed by atoms with Gasteiger partial charge in [0.1, 0.15) is 24.2 Å². The number of carbonyl (C=O) groups is 1. The Morgan fingerprint density at radius 1 is 1.26 bits per heavy atom. The topological polar surface area (TPSA) is 102 Å². The van der Waals surface area contributed by atoms with Gasteiger partial charge in [-0.1, -0.05) is 15.9 Å². The third-order valence-corrected chi connectivity index (χ3v) is 5.52. The van der Waals surface area contributed by atoms with Gasteiger partial charge in [-0.2, -0.15) is 4.72 Å². The summed E-state index contributed by atoms with van der Waals surface area (Å²) in [6.07, 6.45) is 0. The summed E-state index contributed by atoms with van der Waals surface area (Å²) in [7, 11) is -2.68. The van der Waals surface area contributed by atoms with Gasteiger partial charge in [0.15, 0.2) is 0 Å². The van der Waals surface area contributed by atoms with Crippen LogP contribution >= 0.6 is 15.9 Å². The van der Waals surface area contributed by atoms with Crippen molar-refractivity contribution in [3.05, 3.63) is 58.3 Å². The average Bonchev–Trinajstić information content (AvgIpc) is 2.64. The molecule has 2 rings (SSSR count). The lowest BCUT2D eigenvalue weighted by atomic mass is 10.2. The van der Waals surface area contributed by atoms with E-state index in [1.807, 2.05) is 0 Å². The zero-order valence-corrected chi connectivity index (χ0v) is 16.6. The molecule has 0 amide bonds. The summed E-state index contributed by atoms with van der Waals surface area (Å²) in [5.41, 5.74) is 0.262. The molecule has 2 aromatic carbocycles. The van der Waals surface area contributed by atoms with Crippen LogP contribution in [0.2, 0.25) is 0 Å². The highest BCUT2D eigenvalue weighted by Crippen LogP contribution is 2.20. The van der Waals surface area contributed by atoms with Gasteiger partial charge in [-0.25, -0.2) is 12.8 Å². The second-order valence-corrected chi connectivity index (χ2v) is 8.00. The second kappa shape index (κ2) is 9.27. The number of rotatable bonds is 8. The van der Waals surface area contributed by atoms with E-state index >= 15 is 0 Å². The van der Waals surface area contributed by atoms with E-state index in [4.69, 9.17) is 9.47 Å². The fourth-order valence-corrected chi connectivity index (χ4v) is 3.58. The summed E-state index contributed by atoms with van der Waals surface area (Å²) in [4.78, 5) is 12.1. The largest absolute Gasteiger partial charge is 0.496 e. The van der Waals surface area contributed by atoms with Crippen LogP contribution in [0, 0.1) is 5.82 Å². The van der Waals surface area contributed by atoms with E-state index in [2.05, 4.69) is 20.7 Å². The van der Waals surface area contributed by atoms with Crippen LogP contribution in [0.15, 0.2) is 51.8 Å². The molecule has 0 bridgehead atoms. The van der Waals surface area contributed by atoms with Gasteiger partial charge in [-0.15, -0.1) is 0 Å². The fourth-order valence-electron chi connectivity index (χ4n) is 2.14. The number of esters is 1. The van der Waals surface area contributed by atoms with Gasteiger partial charge in [-0.05, 0) is 42.5 Å². The Morgan fingerprint density at radius 2 is 1.93 bits per heavy atom. The fraction of sp³-hybridized carbons (Fsp3) is 0.235. The molecule has 10 heteroatoms. The Labute approximate surface area is 164 Å². The molecule has 0 aliphatic carbocycles. The van der Waals surface area contributed by atoms with E-state index < -0.39 is 34.5 Å². The van der Waals surface area contributed by atoms with Gasteiger partial charge in [0.05, 0.1) is 18.6 Å². The Hall–Kier alpha value is -2.01. The first-order chi connectivity index (χ1) is 12.8. The molecule has 0 aliphatic rings. The second-order valence-electron chi connectivity index (χ2n) is 5.37. The van der Waals surface area contributed by atoms with Crippen LogP contribution in [0.3, 0.4) is 0 Å². The summed E-state index contributed by atoms with van der Waals surface area (Å²) in [6, 6.07) is 7.90. The van der Waals surface area contributed by atoms with Crippen LogP contribution in [0.1, 0.15) is 5.56 Å². The Kier molecular flexibility index (Phi) is 7.31. The number of hydrogen-bond acceptors (Lipinski definition) is 6. The molecule has 0 aromatic heterocycles. The molecule has 2 aromatic rings. The number of hydrogen-bond donors (Lipinski definition) is 2. The van der Waals surface area contributed by atoms with Gasteiger partial charge >= 0.3 is 5.97 Å². The summed E-state index contributed by atoms with van der Waals surface area (Å²) >= 11 is 3.19. The van der Waals surface area contributed by atoms with E-state index in [1.54, 1.807) is 0 Å². The molecule has 1 unspecified atom stereocenters. The highest BCUT2D eigenvalue weighted by Gasteiger charge is 2.26. The van der Waals surface area contributed by atoms with Gasteiger partial charge < -0.3 is 14.6 Å². The van der Waals surface area contributed by atoms with Crippen molar-refractivity contribution in [1.29, 1.82) is 0 Å². The first-order valence-electron chi connectivity index (χ1n) is 7.64. The minimum absolute atomic E-state index is 0.0799. The number of aliphatic hydroxyl groups is 1. The Balaban J connectivity index is 2.07. The van der Waals surface area contributed by atoms with E-state index in [9.17, 15) is 22.7 Å². The molecular weight excluding hydrogens is 445 g/mol. The first-order valence-corrected chi connectivity index (χ1v) is 9.92. The number of methoxy groups -OCH3 is 1. The lowest BCUT2D eigenvalue weighted by Gasteiger charge is -2.16. The standard InChI is InChI=1S/C17H17BrFNO6S/c1-25-16-7-4-13(19)8-11(16)10-26-17(22)15(9-21)20-27(23,24)14-5-2-12(18)3-6-14/h2-8,15,20-21H,9-10H2,1H3. The predicted octanol–water partition coefficient (Wildman–Crippen LogP) is 1.98. The van der Waals surface area contributed by atoms with Crippen LogP contribution in [0.5, 0.6) is 5.75 Å². The molecule has 0 heterocycles. The van der Waals surface area contributed by atoms with E-state index in [0.717, 1.165) is 6.07 Å². The quantitative estimate of drug-likeness (QED) is 0.582. The summed E-state index contributed by atoms with van der Waals surface area (Å²) in [6.45, 7) is -1.16. The highest BCUT2D eigenvalue weighted by atomic mass is 79.9. The number of ether oxygens (including phenoxy) is 2. The van der Waals surface area contributed by atoms with Crippen LogP contribution in [0.4, 0.5) is 4.39 Å². The van der Waals surface area contributed by atoms with Crippen molar-refractivity contribution in [3.8, 4) is 5.75 Å². The van der Waals surface area contributed by atoms with Gasteiger partial charge in [0, 0.05) is 10.0 Å². The first kappa shape index (κ1) is 21.3. The van der Waals surface area contributed by atoms with Gasteiger partial charge in [0.2, 0.25) is 10.0 Å². The minimum atomic E-state index is -4.05. The third kappa shape index (κ3) is 5.73. The molecular formula is C17H17BrFNO6S. The van der Waals surface area contributed by atoms with Crippen molar-refractivity contribution < 1.29 is 32.2 Å². The maximum atomic E-state index is 13.3. The molecule has 0 aliphatic heterocycles. The third-order valence-electron chi connectivity index (χ3n) is 3.50. The lowest BCUT2D eigenvalue weighted by molar-refractivity contribution is -0.148. The molecule has 0 radical (unpaired) electrons. The van der Waals surface area contributed by atoms with E-state index in [-0.39, 0.29) is 17.1 Å². The Bertz CT molecular complexity index is 904. The van der Waals surface area contributed by atoms with Crippen molar-refractivity contribution in [2.45, 2.75) is 17.5 Å².